The molecule has 0 N–H and O–H groups in total. The summed E-state index contributed by atoms with van der Waals surface area (Å²) in [6, 6.07) is 28.8. The summed E-state index contributed by atoms with van der Waals surface area (Å²) in [6.07, 6.45) is 0. The molecule has 0 aliphatic carbocycles. The van der Waals surface area contributed by atoms with Crippen molar-refractivity contribution in [3.05, 3.63) is 91.0 Å². The van der Waals surface area contributed by atoms with Crippen molar-refractivity contribution in [1.82, 2.24) is 0 Å². The SMILES string of the molecule is c1ccc([O][Ge]([O]c2ccccc2)[O]c2ccccc2)cc1. The Balaban J connectivity index is 1.75. The van der Waals surface area contributed by atoms with Gasteiger partial charge in [0.25, 0.3) is 0 Å². The van der Waals surface area contributed by atoms with Crippen molar-refractivity contribution in [2.24, 2.45) is 0 Å². The number of rotatable bonds is 6. The molecule has 0 unspecified atom stereocenters. The Morgan fingerprint density at radius 1 is 0.409 bits per heavy atom. The normalized spacial score (nSPS) is 10.2. The van der Waals surface area contributed by atoms with Gasteiger partial charge in [0.1, 0.15) is 0 Å². The van der Waals surface area contributed by atoms with Crippen LogP contribution in [-0.4, -0.2) is 15.4 Å². The fourth-order valence-electron chi connectivity index (χ4n) is 1.82. The molecular formula is C18H15GeO3. The van der Waals surface area contributed by atoms with E-state index in [0.717, 1.165) is 17.2 Å². The number of hydrogen-bond acceptors (Lipinski definition) is 3. The van der Waals surface area contributed by atoms with E-state index in [-0.39, 0.29) is 0 Å². The quantitative estimate of drug-likeness (QED) is 0.623. The summed E-state index contributed by atoms with van der Waals surface area (Å²) in [7, 11) is 0. The van der Waals surface area contributed by atoms with Gasteiger partial charge in [0.15, 0.2) is 0 Å². The van der Waals surface area contributed by atoms with Crippen LogP contribution in [0.25, 0.3) is 0 Å². The van der Waals surface area contributed by atoms with Crippen LogP contribution in [0.3, 0.4) is 0 Å². The molecule has 1 radical (unpaired) electrons. The van der Waals surface area contributed by atoms with Gasteiger partial charge in [-0.3, -0.25) is 0 Å². The third-order valence-corrected chi connectivity index (χ3v) is 5.37. The summed E-state index contributed by atoms with van der Waals surface area (Å²) in [5, 5.41) is 0. The summed E-state index contributed by atoms with van der Waals surface area (Å²) in [6.45, 7) is 0. The maximum absolute atomic E-state index is 5.94. The van der Waals surface area contributed by atoms with Gasteiger partial charge in [-0.15, -0.1) is 0 Å². The average molecular weight is 352 g/mol. The fraction of sp³-hybridized carbons (Fsp3) is 0. The van der Waals surface area contributed by atoms with E-state index in [2.05, 4.69) is 0 Å². The molecule has 0 aliphatic rings. The second kappa shape index (κ2) is 7.57. The minimum atomic E-state index is -2.72. The molecule has 0 aromatic heterocycles. The third kappa shape index (κ3) is 4.30. The summed E-state index contributed by atoms with van der Waals surface area (Å²) in [5.74, 6) is 2.26. The molecule has 0 amide bonds. The predicted molar refractivity (Wildman–Crippen MR) is 87.0 cm³/mol. The van der Waals surface area contributed by atoms with Crippen molar-refractivity contribution >= 4 is 15.4 Å². The third-order valence-electron chi connectivity index (χ3n) is 2.83. The van der Waals surface area contributed by atoms with E-state index in [1.807, 2.05) is 91.0 Å². The van der Waals surface area contributed by atoms with E-state index in [9.17, 15) is 0 Å². The van der Waals surface area contributed by atoms with Gasteiger partial charge in [0.2, 0.25) is 0 Å². The molecule has 3 aromatic carbocycles. The second-order valence-electron chi connectivity index (χ2n) is 4.50. The molecule has 3 rings (SSSR count). The molecule has 0 aliphatic heterocycles. The van der Waals surface area contributed by atoms with Gasteiger partial charge in [-0.1, -0.05) is 0 Å². The van der Waals surface area contributed by atoms with Crippen LogP contribution in [0.1, 0.15) is 0 Å². The number of para-hydroxylation sites is 3. The topological polar surface area (TPSA) is 27.7 Å². The van der Waals surface area contributed by atoms with Crippen molar-refractivity contribution in [3.8, 4) is 17.2 Å². The van der Waals surface area contributed by atoms with E-state index in [0.29, 0.717) is 0 Å². The summed E-state index contributed by atoms with van der Waals surface area (Å²) >= 11 is -2.72. The molecule has 4 heteroatoms. The van der Waals surface area contributed by atoms with Crippen LogP contribution in [0.4, 0.5) is 0 Å². The summed E-state index contributed by atoms with van der Waals surface area (Å²) in [4.78, 5) is 0. The van der Waals surface area contributed by atoms with Crippen molar-refractivity contribution in [2.75, 3.05) is 0 Å². The van der Waals surface area contributed by atoms with Gasteiger partial charge in [0.05, 0.1) is 0 Å². The maximum atomic E-state index is 5.94. The fourth-order valence-corrected chi connectivity index (χ4v) is 4.15. The van der Waals surface area contributed by atoms with Crippen LogP contribution in [0.2, 0.25) is 0 Å². The monoisotopic (exact) mass is 353 g/mol. The van der Waals surface area contributed by atoms with Gasteiger partial charge in [-0.25, -0.2) is 0 Å². The Bertz CT molecular complexity index is 576. The zero-order valence-corrected chi connectivity index (χ0v) is 14.0. The molecule has 0 saturated carbocycles. The molecule has 0 spiro atoms. The van der Waals surface area contributed by atoms with Crippen molar-refractivity contribution in [1.29, 1.82) is 0 Å². The van der Waals surface area contributed by atoms with Crippen molar-refractivity contribution < 1.29 is 11.3 Å². The average Bonchev–Trinajstić information content (AvgIpc) is 2.57. The molecule has 0 fully saturated rings. The van der Waals surface area contributed by atoms with Crippen LogP contribution in [0.5, 0.6) is 17.2 Å². The van der Waals surface area contributed by atoms with Crippen LogP contribution in [0, 0.1) is 0 Å². The van der Waals surface area contributed by atoms with Crippen molar-refractivity contribution in [2.45, 2.75) is 0 Å². The number of hydrogen-bond donors (Lipinski definition) is 0. The van der Waals surface area contributed by atoms with E-state index >= 15 is 0 Å². The number of benzene rings is 3. The summed E-state index contributed by atoms with van der Waals surface area (Å²) < 4.78 is 17.8. The zero-order chi connectivity index (χ0) is 15.0. The zero-order valence-electron chi connectivity index (χ0n) is 11.9. The molecule has 0 atom stereocenters. The molecule has 3 aromatic rings. The van der Waals surface area contributed by atoms with Gasteiger partial charge in [-0.05, 0) is 0 Å². The summed E-state index contributed by atoms with van der Waals surface area (Å²) in [5.41, 5.74) is 0. The van der Waals surface area contributed by atoms with E-state index in [1.54, 1.807) is 0 Å². The van der Waals surface area contributed by atoms with Crippen molar-refractivity contribution in [3.63, 3.8) is 0 Å². The van der Waals surface area contributed by atoms with E-state index in [1.165, 1.54) is 0 Å². The first-order chi connectivity index (χ1) is 10.9. The Morgan fingerprint density at radius 2 is 0.682 bits per heavy atom. The van der Waals surface area contributed by atoms with Crippen LogP contribution >= 0.6 is 0 Å². The Morgan fingerprint density at radius 3 is 0.955 bits per heavy atom. The molecular weight excluding hydrogens is 337 g/mol. The standard InChI is InChI=1S/C18H15GeO3/c1-4-10-16(11-5-1)20-19(21-17-12-6-2-7-13-17)22-18-14-8-3-9-15-18/h1-15H. The first-order valence-corrected chi connectivity index (χ1v) is 9.53. The second-order valence-corrected chi connectivity index (χ2v) is 6.83. The molecule has 109 valence electrons. The Labute approximate surface area is 135 Å². The first kappa shape index (κ1) is 14.5. The predicted octanol–water partition coefficient (Wildman–Crippen LogP) is 4.21. The molecule has 3 nitrogen and oxygen atoms in total. The molecule has 0 heterocycles. The van der Waals surface area contributed by atoms with Crippen LogP contribution < -0.4 is 11.3 Å². The first-order valence-electron chi connectivity index (χ1n) is 6.96. The van der Waals surface area contributed by atoms with E-state index < -0.39 is 15.4 Å². The molecule has 22 heavy (non-hydrogen) atoms. The van der Waals surface area contributed by atoms with Gasteiger partial charge in [0, 0.05) is 0 Å². The Kier molecular flexibility index (Phi) is 5.00. The van der Waals surface area contributed by atoms with Crippen LogP contribution in [-0.2, 0) is 0 Å². The molecule has 0 bridgehead atoms. The Hall–Kier alpha value is -2.40. The van der Waals surface area contributed by atoms with Gasteiger partial charge in [-0.2, -0.15) is 0 Å². The minimum absolute atomic E-state index is 0.754. The van der Waals surface area contributed by atoms with Gasteiger partial charge < -0.3 is 0 Å². The molecule has 0 saturated heterocycles. The van der Waals surface area contributed by atoms with Crippen LogP contribution in [0.15, 0.2) is 91.0 Å². The van der Waals surface area contributed by atoms with Gasteiger partial charge >= 0.3 is 135 Å². The van der Waals surface area contributed by atoms with E-state index in [4.69, 9.17) is 11.3 Å².